The normalized spacial score (nSPS) is 16.9. The minimum atomic E-state index is 0.409. The molecule has 0 radical (unpaired) electrons. The number of ketones is 1. The molecule has 0 saturated heterocycles. The molecule has 0 unspecified atom stereocenters. The lowest BCUT2D eigenvalue weighted by Crippen LogP contribution is -2.06. The highest BCUT2D eigenvalue weighted by Gasteiger charge is 2.12. The molecular weight excluding hydrogens is 172 g/mol. The summed E-state index contributed by atoms with van der Waals surface area (Å²) >= 11 is 0. The van der Waals surface area contributed by atoms with Crippen LogP contribution in [0, 0.1) is 0 Å². The van der Waals surface area contributed by atoms with Crippen LogP contribution in [0.5, 0.6) is 0 Å². The molecule has 0 aromatic carbocycles. The topological polar surface area (TPSA) is 17.1 Å². The average molecular weight is 194 g/mol. The largest absolute Gasteiger partial charge is 0.295 e. The van der Waals surface area contributed by atoms with Crippen LogP contribution in [-0.2, 0) is 4.79 Å². The Labute approximate surface area is 87.6 Å². The van der Waals surface area contributed by atoms with E-state index in [4.69, 9.17) is 0 Å². The lowest BCUT2D eigenvalue weighted by molar-refractivity contribution is -0.116. The summed E-state index contributed by atoms with van der Waals surface area (Å²) in [6.45, 7) is 2.23. The summed E-state index contributed by atoms with van der Waals surface area (Å²) < 4.78 is 0. The molecular formula is C13H22O. The van der Waals surface area contributed by atoms with Gasteiger partial charge in [0.2, 0.25) is 0 Å². The van der Waals surface area contributed by atoms with Crippen LogP contribution in [0.1, 0.15) is 64.7 Å². The Bertz CT molecular complexity index is 203. The van der Waals surface area contributed by atoms with E-state index in [1.54, 1.807) is 0 Å². The van der Waals surface area contributed by atoms with Crippen molar-refractivity contribution in [2.45, 2.75) is 64.7 Å². The molecule has 0 atom stereocenters. The van der Waals surface area contributed by atoms with E-state index < -0.39 is 0 Å². The smallest absolute Gasteiger partial charge is 0.158 e. The highest BCUT2D eigenvalue weighted by molar-refractivity contribution is 5.95. The van der Waals surface area contributed by atoms with E-state index in [0.717, 1.165) is 31.3 Å². The van der Waals surface area contributed by atoms with Crippen molar-refractivity contribution < 1.29 is 4.79 Å². The summed E-state index contributed by atoms with van der Waals surface area (Å²) in [5.41, 5.74) is 1.12. The number of unbranched alkanes of at least 4 members (excludes halogenated alkanes) is 4. The van der Waals surface area contributed by atoms with Gasteiger partial charge in [-0.25, -0.2) is 0 Å². The Balaban J connectivity index is 2.11. The Morgan fingerprint density at radius 3 is 2.71 bits per heavy atom. The van der Waals surface area contributed by atoms with E-state index in [1.807, 2.05) is 0 Å². The quantitative estimate of drug-likeness (QED) is 0.583. The van der Waals surface area contributed by atoms with Crippen LogP contribution in [0.4, 0.5) is 0 Å². The van der Waals surface area contributed by atoms with Crippen molar-refractivity contribution in [3.05, 3.63) is 11.6 Å². The highest BCUT2D eigenvalue weighted by atomic mass is 16.1. The second-order valence-electron chi connectivity index (χ2n) is 4.21. The van der Waals surface area contributed by atoms with Gasteiger partial charge in [0.05, 0.1) is 0 Å². The van der Waals surface area contributed by atoms with Crippen molar-refractivity contribution >= 4 is 5.78 Å². The fourth-order valence-corrected chi connectivity index (χ4v) is 1.97. The molecule has 1 rings (SSSR count). The molecule has 0 saturated carbocycles. The third-order valence-electron chi connectivity index (χ3n) is 2.91. The molecule has 0 spiro atoms. The van der Waals surface area contributed by atoms with Gasteiger partial charge in [0.1, 0.15) is 0 Å². The second-order valence-corrected chi connectivity index (χ2v) is 4.21. The van der Waals surface area contributed by atoms with Gasteiger partial charge in [-0.05, 0) is 31.3 Å². The molecule has 0 N–H and O–H groups in total. The van der Waals surface area contributed by atoms with Crippen LogP contribution in [0.15, 0.2) is 11.6 Å². The van der Waals surface area contributed by atoms with Crippen molar-refractivity contribution in [2.24, 2.45) is 0 Å². The molecule has 0 aromatic rings. The van der Waals surface area contributed by atoms with Crippen molar-refractivity contribution in [3.63, 3.8) is 0 Å². The predicted molar refractivity (Wildman–Crippen MR) is 60.3 cm³/mol. The Kier molecular flexibility index (Phi) is 5.58. The van der Waals surface area contributed by atoms with Gasteiger partial charge in [-0.15, -0.1) is 0 Å². The number of rotatable bonds is 6. The van der Waals surface area contributed by atoms with E-state index in [0.29, 0.717) is 5.78 Å². The fraction of sp³-hybridized carbons (Fsp3) is 0.769. The van der Waals surface area contributed by atoms with Crippen LogP contribution in [0.3, 0.4) is 0 Å². The van der Waals surface area contributed by atoms with E-state index in [9.17, 15) is 4.79 Å². The standard InChI is InChI=1S/C13H22O/c1-2-3-4-5-6-9-12-10-7-8-11-13(12)14/h10H,2-9,11H2,1H3. The molecule has 0 fully saturated rings. The first-order valence-corrected chi connectivity index (χ1v) is 6.07. The van der Waals surface area contributed by atoms with Gasteiger partial charge >= 0.3 is 0 Å². The van der Waals surface area contributed by atoms with E-state index in [-0.39, 0.29) is 0 Å². The number of hydrogen-bond acceptors (Lipinski definition) is 1. The van der Waals surface area contributed by atoms with Gasteiger partial charge in [0.15, 0.2) is 5.78 Å². The average Bonchev–Trinajstić information content (AvgIpc) is 2.20. The molecule has 80 valence electrons. The van der Waals surface area contributed by atoms with Crippen molar-refractivity contribution in [1.29, 1.82) is 0 Å². The predicted octanol–water partition coefficient (Wildman–Crippen LogP) is 4.03. The summed E-state index contributed by atoms with van der Waals surface area (Å²) in [5, 5.41) is 0. The van der Waals surface area contributed by atoms with Crippen LogP contribution in [-0.4, -0.2) is 5.78 Å². The van der Waals surface area contributed by atoms with Crippen molar-refractivity contribution in [3.8, 4) is 0 Å². The fourth-order valence-electron chi connectivity index (χ4n) is 1.97. The molecule has 0 aliphatic heterocycles. The summed E-state index contributed by atoms with van der Waals surface area (Å²) in [4.78, 5) is 11.4. The van der Waals surface area contributed by atoms with Crippen LogP contribution in [0.25, 0.3) is 0 Å². The van der Waals surface area contributed by atoms with Gasteiger partial charge in [-0.1, -0.05) is 38.7 Å². The SMILES string of the molecule is CCCCCCCC1=CCCCC1=O. The molecule has 0 aromatic heterocycles. The number of carbonyl (C=O) groups excluding carboxylic acids is 1. The number of Topliss-reactive ketones (excluding diaryl/α,β-unsaturated/α-hetero) is 1. The van der Waals surface area contributed by atoms with Gasteiger partial charge in [0.25, 0.3) is 0 Å². The monoisotopic (exact) mass is 194 g/mol. The molecule has 1 aliphatic carbocycles. The maximum absolute atomic E-state index is 11.4. The third-order valence-corrected chi connectivity index (χ3v) is 2.91. The molecule has 1 nitrogen and oxygen atoms in total. The van der Waals surface area contributed by atoms with Crippen molar-refractivity contribution in [2.75, 3.05) is 0 Å². The van der Waals surface area contributed by atoms with E-state index >= 15 is 0 Å². The summed E-state index contributed by atoms with van der Waals surface area (Å²) in [7, 11) is 0. The maximum Gasteiger partial charge on any atom is 0.158 e. The summed E-state index contributed by atoms with van der Waals surface area (Å²) in [6, 6.07) is 0. The zero-order valence-corrected chi connectivity index (χ0v) is 9.35. The first-order chi connectivity index (χ1) is 6.84. The van der Waals surface area contributed by atoms with E-state index in [2.05, 4.69) is 13.0 Å². The van der Waals surface area contributed by atoms with Gasteiger partial charge in [-0.3, -0.25) is 4.79 Å². The van der Waals surface area contributed by atoms with Crippen LogP contribution < -0.4 is 0 Å². The number of allylic oxidation sites excluding steroid dienone is 2. The molecule has 1 aliphatic rings. The number of carbonyl (C=O) groups is 1. The first-order valence-electron chi connectivity index (χ1n) is 6.07. The Morgan fingerprint density at radius 2 is 2.00 bits per heavy atom. The lowest BCUT2D eigenvalue weighted by Gasteiger charge is -2.10. The zero-order chi connectivity index (χ0) is 10.2. The second kappa shape index (κ2) is 6.80. The summed E-state index contributed by atoms with van der Waals surface area (Å²) in [6.07, 6.45) is 12.6. The first kappa shape index (κ1) is 11.5. The van der Waals surface area contributed by atoms with Gasteiger partial charge in [-0.2, -0.15) is 0 Å². The van der Waals surface area contributed by atoms with Crippen LogP contribution in [0.2, 0.25) is 0 Å². The highest BCUT2D eigenvalue weighted by Crippen LogP contribution is 2.19. The molecule has 1 heteroatoms. The lowest BCUT2D eigenvalue weighted by atomic mass is 9.94. The van der Waals surface area contributed by atoms with Gasteiger partial charge in [0, 0.05) is 6.42 Å². The molecule has 0 heterocycles. The zero-order valence-electron chi connectivity index (χ0n) is 9.35. The molecule has 0 amide bonds. The Morgan fingerprint density at radius 1 is 1.21 bits per heavy atom. The Hall–Kier alpha value is -0.590. The van der Waals surface area contributed by atoms with Gasteiger partial charge < -0.3 is 0 Å². The number of hydrogen-bond donors (Lipinski definition) is 0. The molecule has 14 heavy (non-hydrogen) atoms. The van der Waals surface area contributed by atoms with Crippen molar-refractivity contribution in [1.82, 2.24) is 0 Å². The summed E-state index contributed by atoms with van der Waals surface area (Å²) in [5.74, 6) is 0.409. The minimum absolute atomic E-state index is 0.409. The van der Waals surface area contributed by atoms with Crippen LogP contribution >= 0.6 is 0 Å². The molecule has 0 bridgehead atoms. The van der Waals surface area contributed by atoms with E-state index in [1.165, 1.54) is 32.1 Å². The minimum Gasteiger partial charge on any atom is -0.295 e. The third kappa shape index (κ3) is 4.08. The maximum atomic E-state index is 11.4.